The molecule has 17 heavy (non-hydrogen) atoms. The third kappa shape index (κ3) is 4.44. The quantitative estimate of drug-likeness (QED) is 0.785. The molecule has 0 saturated carbocycles. The van der Waals surface area contributed by atoms with E-state index in [-0.39, 0.29) is 6.04 Å². The lowest BCUT2D eigenvalue weighted by molar-refractivity contribution is -0.143. The minimum Gasteiger partial charge on any atom is -0.480 e. The molecule has 0 radical (unpaired) electrons. The summed E-state index contributed by atoms with van der Waals surface area (Å²) in [6.07, 6.45) is 1.62. The van der Waals surface area contributed by atoms with Crippen molar-refractivity contribution in [3.63, 3.8) is 0 Å². The predicted molar refractivity (Wildman–Crippen MR) is 69.2 cm³/mol. The van der Waals surface area contributed by atoms with Crippen molar-refractivity contribution in [2.45, 2.75) is 38.1 Å². The van der Waals surface area contributed by atoms with Crippen molar-refractivity contribution in [3.8, 4) is 0 Å². The fourth-order valence-corrected chi connectivity index (χ4v) is 2.64. The standard InChI is InChI=1S/C12H19NO3S/c1-9(2)13-12(3,11(14)15)8-17-7-10-5-4-6-16-10/h4-6,9,13H,7-8H2,1-3H3,(H,14,15). The number of hydrogen-bond acceptors (Lipinski definition) is 4. The van der Waals surface area contributed by atoms with Crippen LogP contribution >= 0.6 is 11.8 Å². The van der Waals surface area contributed by atoms with Gasteiger partial charge in [0.2, 0.25) is 0 Å². The summed E-state index contributed by atoms with van der Waals surface area (Å²) in [7, 11) is 0. The van der Waals surface area contributed by atoms with E-state index in [1.54, 1.807) is 24.9 Å². The molecule has 1 atom stereocenters. The molecule has 96 valence electrons. The molecule has 0 amide bonds. The van der Waals surface area contributed by atoms with E-state index in [0.29, 0.717) is 11.5 Å². The van der Waals surface area contributed by atoms with E-state index < -0.39 is 11.5 Å². The van der Waals surface area contributed by atoms with Crippen LogP contribution in [0.1, 0.15) is 26.5 Å². The monoisotopic (exact) mass is 257 g/mol. The third-order valence-electron chi connectivity index (χ3n) is 2.29. The number of carbonyl (C=O) groups is 1. The number of nitrogens with one attached hydrogen (secondary N) is 1. The second-order valence-electron chi connectivity index (χ2n) is 4.51. The van der Waals surface area contributed by atoms with Crippen LogP contribution in [-0.2, 0) is 10.5 Å². The second kappa shape index (κ2) is 6.12. The summed E-state index contributed by atoms with van der Waals surface area (Å²) >= 11 is 1.55. The molecule has 0 aliphatic heterocycles. The Morgan fingerprint density at radius 1 is 1.65 bits per heavy atom. The molecule has 0 saturated heterocycles. The van der Waals surface area contributed by atoms with Crippen LogP contribution in [0.4, 0.5) is 0 Å². The lowest BCUT2D eigenvalue weighted by atomic mass is 10.1. The smallest absolute Gasteiger partial charge is 0.324 e. The molecular weight excluding hydrogens is 238 g/mol. The van der Waals surface area contributed by atoms with Gasteiger partial charge in [-0.05, 0) is 32.9 Å². The van der Waals surface area contributed by atoms with Crippen LogP contribution in [0.3, 0.4) is 0 Å². The Hall–Kier alpha value is -0.940. The van der Waals surface area contributed by atoms with E-state index in [2.05, 4.69) is 5.32 Å². The van der Waals surface area contributed by atoms with Gasteiger partial charge in [-0.2, -0.15) is 11.8 Å². The van der Waals surface area contributed by atoms with Crippen molar-refractivity contribution in [3.05, 3.63) is 24.2 Å². The summed E-state index contributed by atoms with van der Waals surface area (Å²) in [6.45, 7) is 5.60. The minimum absolute atomic E-state index is 0.139. The van der Waals surface area contributed by atoms with E-state index in [1.165, 1.54) is 0 Å². The molecule has 1 aromatic rings. The zero-order valence-corrected chi connectivity index (χ0v) is 11.2. The van der Waals surface area contributed by atoms with Gasteiger partial charge in [-0.3, -0.25) is 10.1 Å². The van der Waals surface area contributed by atoms with Gasteiger partial charge < -0.3 is 9.52 Å². The van der Waals surface area contributed by atoms with Gasteiger partial charge in [0, 0.05) is 11.8 Å². The number of thioether (sulfide) groups is 1. The first-order valence-corrected chi connectivity index (χ1v) is 6.71. The van der Waals surface area contributed by atoms with Crippen LogP contribution in [0.15, 0.2) is 22.8 Å². The average molecular weight is 257 g/mol. The van der Waals surface area contributed by atoms with Gasteiger partial charge in [0.15, 0.2) is 0 Å². The van der Waals surface area contributed by atoms with Crippen molar-refractivity contribution in [2.75, 3.05) is 5.75 Å². The number of aliphatic carboxylic acids is 1. The summed E-state index contributed by atoms with van der Waals surface area (Å²) in [5, 5.41) is 12.3. The van der Waals surface area contributed by atoms with Crippen LogP contribution in [0.2, 0.25) is 0 Å². The fourth-order valence-electron chi connectivity index (χ4n) is 1.55. The SMILES string of the molecule is CC(C)NC(C)(CSCc1ccco1)C(=O)O. The molecule has 0 bridgehead atoms. The molecule has 1 heterocycles. The minimum atomic E-state index is -0.897. The number of rotatable bonds is 7. The Labute approximate surface area is 106 Å². The Balaban J connectivity index is 2.47. The topological polar surface area (TPSA) is 62.5 Å². The molecule has 0 aliphatic carbocycles. The maximum atomic E-state index is 11.2. The van der Waals surface area contributed by atoms with Crippen molar-refractivity contribution in [2.24, 2.45) is 0 Å². The van der Waals surface area contributed by atoms with Crippen LogP contribution < -0.4 is 5.32 Å². The first-order chi connectivity index (χ1) is 7.94. The van der Waals surface area contributed by atoms with Crippen molar-refractivity contribution < 1.29 is 14.3 Å². The Morgan fingerprint density at radius 3 is 2.82 bits per heavy atom. The van der Waals surface area contributed by atoms with Crippen molar-refractivity contribution in [1.29, 1.82) is 0 Å². The number of carboxylic acids is 1. The number of carboxylic acid groups (broad SMARTS) is 1. The van der Waals surface area contributed by atoms with E-state index in [1.807, 2.05) is 26.0 Å². The van der Waals surface area contributed by atoms with Crippen LogP contribution in [0.25, 0.3) is 0 Å². The summed E-state index contributed by atoms with van der Waals surface area (Å²) in [6, 6.07) is 3.86. The highest BCUT2D eigenvalue weighted by Gasteiger charge is 2.33. The fraction of sp³-hybridized carbons (Fsp3) is 0.583. The Kier molecular flexibility index (Phi) is 5.08. The van der Waals surface area contributed by atoms with Crippen molar-refractivity contribution >= 4 is 17.7 Å². The Morgan fingerprint density at radius 2 is 2.35 bits per heavy atom. The van der Waals surface area contributed by atoms with Crippen LogP contribution in [0, 0.1) is 0 Å². The molecule has 0 aliphatic rings. The molecule has 0 fully saturated rings. The van der Waals surface area contributed by atoms with Crippen molar-refractivity contribution in [1.82, 2.24) is 5.32 Å². The van der Waals surface area contributed by atoms with Gasteiger partial charge in [-0.25, -0.2) is 0 Å². The van der Waals surface area contributed by atoms with E-state index in [0.717, 1.165) is 5.76 Å². The summed E-state index contributed by atoms with van der Waals surface area (Å²) in [5.41, 5.74) is -0.897. The molecule has 2 N–H and O–H groups in total. The van der Waals surface area contributed by atoms with Gasteiger partial charge in [0.1, 0.15) is 11.3 Å². The maximum absolute atomic E-state index is 11.2. The maximum Gasteiger partial charge on any atom is 0.324 e. The Bertz CT molecular complexity index is 351. The highest BCUT2D eigenvalue weighted by molar-refractivity contribution is 7.98. The van der Waals surface area contributed by atoms with Crippen LogP contribution in [-0.4, -0.2) is 28.4 Å². The molecular formula is C12H19NO3S. The van der Waals surface area contributed by atoms with Gasteiger partial charge >= 0.3 is 5.97 Å². The van der Waals surface area contributed by atoms with Gasteiger partial charge in [-0.15, -0.1) is 0 Å². The highest BCUT2D eigenvalue weighted by Crippen LogP contribution is 2.19. The normalized spacial score (nSPS) is 14.8. The lowest BCUT2D eigenvalue weighted by Crippen LogP contribution is -2.54. The zero-order chi connectivity index (χ0) is 12.9. The molecule has 0 aromatic carbocycles. The number of hydrogen-bond donors (Lipinski definition) is 2. The highest BCUT2D eigenvalue weighted by atomic mass is 32.2. The largest absolute Gasteiger partial charge is 0.480 e. The second-order valence-corrected chi connectivity index (χ2v) is 5.49. The van der Waals surface area contributed by atoms with Gasteiger partial charge in [0.05, 0.1) is 12.0 Å². The van der Waals surface area contributed by atoms with Gasteiger partial charge in [-0.1, -0.05) is 0 Å². The zero-order valence-electron chi connectivity index (χ0n) is 10.4. The summed E-state index contributed by atoms with van der Waals surface area (Å²) < 4.78 is 5.20. The first kappa shape index (κ1) is 14.1. The van der Waals surface area contributed by atoms with E-state index in [9.17, 15) is 9.90 Å². The van der Waals surface area contributed by atoms with Gasteiger partial charge in [0.25, 0.3) is 0 Å². The molecule has 0 spiro atoms. The molecule has 1 unspecified atom stereocenters. The molecule has 5 heteroatoms. The van der Waals surface area contributed by atoms with E-state index in [4.69, 9.17) is 4.42 Å². The summed E-state index contributed by atoms with van der Waals surface area (Å²) in [4.78, 5) is 11.2. The molecule has 1 aromatic heterocycles. The van der Waals surface area contributed by atoms with Crippen LogP contribution in [0.5, 0.6) is 0 Å². The number of furan rings is 1. The molecule has 4 nitrogen and oxygen atoms in total. The molecule has 1 rings (SSSR count). The lowest BCUT2D eigenvalue weighted by Gasteiger charge is -2.28. The third-order valence-corrected chi connectivity index (χ3v) is 3.56. The first-order valence-electron chi connectivity index (χ1n) is 5.55. The van der Waals surface area contributed by atoms with E-state index >= 15 is 0 Å². The summed E-state index contributed by atoms with van der Waals surface area (Å²) in [5.74, 6) is 1.24. The predicted octanol–water partition coefficient (Wildman–Crippen LogP) is 2.35. The average Bonchev–Trinajstić information content (AvgIpc) is 2.69.